The number of aliphatic carboxylic acids is 1. The lowest BCUT2D eigenvalue weighted by Gasteiger charge is -2.20. The molecule has 128 valence electrons. The van der Waals surface area contributed by atoms with Gasteiger partial charge in [-0.25, -0.2) is 9.78 Å². The molecule has 3 atom stereocenters. The van der Waals surface area contributed by atoms with Crippen molar-refractivity contribution in [3.05, 3.63) is 16.1 Å². The van der Waals surface area contributed by atoms with E-state index in [0.29, 0.717) is 26.0 Å². The number of hydrogen-bond donors (Lipinski definition) is 1. The predicted octanol–water partition coefficient (Wildman–Crippen LogP) is 1.83. The van der Waals surface area contributed by atoms with Crippen LogP contribution in [0.4, 0.5) is 0 Å². The molecule has 7 nitrogen and oxygen atoms in total. The Hall–Kier alpha value is -1.51. The van der Waals surface area contributed by atoms with Gasteiger partial charge in [-0.3, -0.25) is 4.79 Å². The van der Waals surface area contributed by atoms with Crippen LogP contribution in [0.5, 0.6) is 0 Å². The van der Waals surface area contributed by atoms with Crippen molar-refractivity contribution in [2.75, 3.05) is 13.7 Å². The molecule has 1 aromatic heterocycles. The van der Waals surface area contributed by atoms with Gasteiger partial charge in [-0.2, -0.15) is 0 Å². The first-order valence-electron chi connectivity index (χ1n) is 7.61. The minimum Gasteiger partial charge on any atom is -0.479 e. The molecule has 23 heavy (non-hydrogen) atoms. The van der Waals surface area contributed by atoms with Crippen LogP contribution in [0.1, 0.15) is 43.5 Å². The van der Waals surface area contributed by atoms with E-state index in [0.717, 1.165) is 10.7 Å². The molecule has 2 rings (SSSR count). The summed E-state index contributed by atoms with van der Waals surface area (Å²) < 4.78 is 10.8. The highest BCUT2D eigenvalue weighted by atomic mass is 32.1. The van der Waals surface area contributed by atoms with Crippen molar-refractivity contribution < 1.29 is 24.2 Å². The van der Waals surface area contributed by atoms with E-state index in [1.165, 1.54) is 16.2 Å². The molecule has 1 unspecified atom stereocenters. The molecule has 8 heteroatoms. The zero-order chi connectivity index (χ0) is 17.0. The number of carbonyl (C=O) groups is 2. The number of carboxylic acid groups (broad SMARTS) is 1. The topological polar surface area (TPSA) is 89.0 Å². The third-order valence-electron chi connectivity index (χ3n) is 3.68. The van der Waals surface area contributed by atoms with Gasteiger partial charge >= 0.3 is 5.97 Å². The lowest BCUT2D eigenvalue weighted by Crippen LogP contribution is -2.36. The van der Waals surface area contributed by atoms with E-state index in [-0.39, 0.29) is 12.0 Å². The smallest absolute Gasteiger partial charge is 0.332 e. The summed E-state index contributed by atoms with van der Waals surface area (Å²) in [6, 6.07) is 0. The maximum absolute atomic E-state index is 12.3. The SMILES string of the molecule is CCOC(C)c1nc(CN(C)C(=O)[C@@H]2CC[C@H](C(=O)O)O2)cs1. The van der Waals surface area contributed by atoms with Gasteiger partial charge in [0.1, 0.15) is 17.2 Å². The highest BCUT2D eigenvalue weighted by molar-refractivity contribution is 7.09. The van der Waals surface area contributed by atoms with Crippen LogP contribution < -0.4 is 0 Å². The maximum atomic E-state index is 12.3. The molecule has 1 fully saturated rings. The Bertz CT molecular complexity index is 562. The number of amides is 1. The highest BCUT2D eigenvalue weighted by Gasteiger charge is 2.36. The summed E-state index contributed by atoms with van der Waals surface area (Å²) in [6.45, 7) is 4.87. The number of aromatic nitrogens is 1. The summed E-state index contributed by atoms with van der Waals surface area (Å²) in [7, 11) is 1.67. The first kappa shape index (κ1) is 17.8. The zero-order valence-corrected chi connectivity index (χ0v) is 14.3. The summed E-state index contributed by atoms with van der Waals surface area (Å²) >= 11 is 1.50. The number of nitrogens with zero attached hydrogens (tertiary/aromatic N) is 2. The van der Waals surface area contributed by atoms with Gasteiger partial charge in [-0.05, 0) is 26.7 Å². The Morgan fingerprint density at radius 1 is 1.52 bits per heavy atom. The molecule has 1 saturated heterocycles. The van der Waals surface area contributed by atoms with Crippen molar-refractivity contribution in [1.82, 2.24) is 9.88 Å². The monoisotopic (exact) mass is 342 g/mol. The maximum Gasteiger partial charge on any atom is 0.332 e. The Morgan fingerprint density at radius 2 is 2.22 bits per heavy atom. The van der Waals surface area contributed by atoms with Gasteiger partial charge in [0.15, 0.2) is 6.10 Å². The average molecular weight is 342 g/mol. The molecule has 0 saturated carbocycles. The molecule has 1 aliphatic rings. The molecule has 0 aliphatic carbocycles. The van der Waals surface area contributed by atoms with E-state index in [1.54, 1.807) is 7.05 Å². The zero-order valence-electron chi connectivity index (χ0n) is 13.5. The van der Waals surface area contributed by atoms with Crippen molar-refractivity contribution in [3.63, 3.8) is 0 Å². The van der Waals surface area contributed by atoms with Crippen LogP contribution >= 0.6 is 11.3 Å². The van der Waals surface area contributed by atoms with Gasteiger partial charge in [0.2, 0.25) is 0 Å². The number of hydrogen-bond acceptors (Lipinski definition) is 6. The molecule has 0 spiro atoms. The van der Waals surface area contributed by atoms with Gasteiger partial charge in [0.05, 0.1) is 12.2 Å². The van der Waals surface area contributed by atoms with Crippen molar-refractivity contribution in [2.45, 2.75) is 51.5 Å². The Labute approximate surface area is 139 Å². The van der Waals surface area contributed by atoms with Gasteiger partial charge < -0.3 is 19.5 Å². The van der Waals surface area contributed by atoms with E-state index in [4.69, 9.17) is 14.6 Å². The fourth-order valence-electron chi connectivity index (χ4n) is 2.47. The summed E-state index contributed by atoms with van der Waals surface area (Å²) in [6.07, 6.45) is -0.818. The van der Waals surface area contributed by atoms with Crippen LogP contribution in [-0.2, 0) is 25.6 Å². The Morgan fingerprint density at radius 3 is 2.83 bits per heavy atom. The van der Waals surface area contributed by atoms with Crippen molar-refractivity contribution in [2.24, 2.45) is 0 Å². The summed E-state index contributed by atoms with van der Waals surface area (Å²) in [5.41, 5.74) is 0.792. The van der Waals surface area contributed by atoms with Crippen LogP contribution in [0.15, 0.2) is 5.38 Å². The Balaban J connectivity index is 1.90. The number of carboxylic acids is 1. The van der Waals surface area contributed by atoms with E-state index in [9.17, 15) is 9.59 Å². The highest BCUT2D eigenvalue weighted by Crippen LogP contribution is 2.24. The van der Waals surface area contributed by atoms with E-state index >= 15 is 0 Å². The van der Waals surface area contributed by atoms with Crippen LogP contribution in [0, 0.1) is 0 Å². The Kier molecular flexibility index (Phi) is 6.09. The molecule has 1 aliphatic heterocycles. The molecule has 0 aromatic carbocycles. The number of likely N-dealkylation sites (N-methyl/N-ethyl adjacent to an activating group) is 1. The van der Waals surface area contributed by atoms with Crippen molar-refractivity contribution in [1.29, 1.82) is 0 Å². The lowest BCUT2D eigenvalue weighted by molar-refractivity contribution is -0.154. The minimum atomic E-state index is -1.02. The lowest BCUT2D eigenvalue weighted by atomic mass is 10.2. The molecular formula is C15H22N2O5S. The summed E-state index contributed by atoms with van der Waals surface area (Å²) in [5, 5.41) is 11.7. The minimum absolute atomic E-state index is 0.0609. The van der Waals surface area contributed by atoms with Gasteiger partial charge in [-0.1, -0.05) is 0 Å². The predicted molar refractivity (Wildman–Crippen MR) is 84.2 cm³/mol. The second-order valence-corrected chi connectivity index (χ2v) is 6.39. The first-order chi connectivity index (χ1) is 10.9. The van der Waals surface area contributed by atoms with Crippen molar-refractivity contribution >= 4 is 23.2 Å². The normalized spacial score (nSPS) is 22.0. The third-order valence-corrected chi connectivity index (χ3v) is 4.73. The molecule has 1 amide bonds. The summed E-state index contributed by atoms with van der Waals surface area (Å²) in [4.78, 5) is 29.2. The van der Waals surface area contributed by atoms with Gasteiger partial charge in [0.25, 0.3) is 5.91 Å². The van der Waals surface area contributed by atoms with E-state index in [2.05, 4.69) is 4.98 Å². The van der Waals surface area contributed by atoms with Crippen LogP contribution in [0.2, 0.25) is 0 Å². The number of ether oxygens (including phenoxy) is 2. The number of thiazole rings is 1. The van der Waals surface area contributed by atoms with Crippen LogP contribution in [-0.4, -0.2) is 52.7 Å². The molecule has 2 heterocycles. The van der Waals surface area contributed by atoms with Crippen molar-refractivity contribution in [3.8, 4) is 0 Å². The molecular weight excluding hydrogens is 320 g/mol. The number of rotatable bonds is 7. The van der Waals surface area contributed by atoms with Gasteiger partial charge in [0, 0.05) is 19.0 Å². The van der Waals surface area contributed by atoms with Crippen LogP contribution in [0.25, 0.3) is 0 Å². The van der Waals surface area contributed by atoms with Crippen LogP contribution in [0.3, 0.4) is 0 Å². The summed E-state index contributed by atoms with van der Waals surface area (Å²) in [5.74, 6) is -1.22. The standard InChI is InChI=1S/C15H22N2O5S/c1-4-21-9(2)13-16-10(8-23-13)7-17(3)14(18)11-5-6-12(22-11)15(19)20/h8-9,11-12H,4-7H2,1-3H3,(H,19,20)/t9?,11-,12+/m0/s1. The first-order valence-corrected chi connectivity index (χ1v) is 8.49. The second-order valence-electron chi connectivity index (χ2n) is 5.50. The molecule has 0 radical (unpaired) electrons. The van der Waals surface area contributed by atoms with E-state index < -0.39 is 18.2 Å². The third kappa shape index (κ3) is 4.49. The second kappa shape index (κ2) is 7.85. The van der Waals surface area contributed by atoms with Gasteiger partial charge in [-0.15, -0.1) is 11.3 Å². The van der Waals surface area contributed by atoms with E-state index in [1.807, 2.05) is 19.2 Å². The fraction of sp³-hybridized carbons (Fsp3) is 0.667. The molecule has 1 N–H and O–H groups in total. The quantitative estimate of drug-likeness (QED) is 0.813. The fourth-order valence-corrected chi connectivity index (χ4v) is 3.28. The molecule has 1 aromatic rings. The number of carbonyl (C=O) groups excluding carboxylic acids is 1. The average Bonchev–Trinajstić information content (AvgIpc) is 3.15. The molecule has 0 bridgehead atoms. The largest absolute Gasteiger partial charge is 0.479 e.